The Labute approximate surface area is 259 Å². The van der Waals surface area contributed by atoms with Crippen LogP contribution in [0.4, 0.5) is 11.4 Å². The number of anilines is 2. The molecular formula is C35H37N3O5S. The van der Waals surface area contributed by atoms with Crippen molar-refractivity contribution < 1.29 is 22.7 Å². The molecule has 1 aromatic heterocycles. The minimum absolute atomic E-state index is 0.0415. The van der Waals surface area contributed by atoms with Crippen molar-refractivity contribution >= 4 is 33.2 Å². The third kappa shape index (κ3) is 8.33. The maximum atomic E-state index is 13.2. The average molecular weight is 612 g/mol. The van der Waals surface area contributed by atoms with Gasteiger partial charge in [0.1, 0.15) is 12.4 Å². The number of hydrogen-bond donors (Lipinski definition) is 2. The van der Waals surface area contributed by atoms with E-state index in [0.29, 0.717) is 43.0 Å². The molecule has 0 atom stereocenters. The van der Waals surface area contributed by atoms with Crippen LogP contribution in [0.25, 0.3) is 17.2 Å². The van der Waals surface area contributed by atoms with Gasteiger partial charge in [0.15, 0.2) is 14.9 Å². The van der Waals surface area contributed by atoms with Crippen LogP contribution in [-0.4, -0.2) is 45.7 Å². The second kappa shape index (κ2) is 14.8. The van der Waals surface area contributed by atoms with Gasteiger partial charge in [-0.15, -0.1) is 0 Å². The summed E-state index contributed by atoms with van der Waals surface area (Å²) < 4.78 is 36.7. The summed E-state index contributed by atoms with van der Waals surface area (Å²) in [6, 6.07) is 25.8. The zero-order valence-corrected chi connectivity index (χ0v) is 25.6. The predicted molar refractivity (Wildman–Crippen MR) is 174 cm³/mol. The third-order valence-corrected chi connectivity index (χ3v) is 8.83. The highest BCUT2D eigenvalue weighted by molar-refractivity contribution is 7.90. The fourth-order valence-corrected chi connectivity index (χ4v) is 6.11. The van der Waals surface area contributed by atoms with Gasteiger partial charge >= 0.3 is 0 Å². The van der Waals surface area contributed by atoms with Gasteiger partial charge in [0.25, 0.3) is 5.91 Å². The molecule has 9 heteroatoms. The molecule has 0 bridgehead atoms. The standard InChI is InChI=1S/C35H37N3O5S/c1-2-3-20-42-21-22-43-32-14-9-27(10-15-32)28-11-16-33-30(23-28)24-29(17-19-36-33)35(39)38-31-12-7-26(8-13-31)25-44(40,41)34-6-4-5-18-37-34/h4-16,18,23-24,36H,2-3,17,19-22,25H2,1H3,(H,38,39). The molecule has 228 valence electrons. The summed E-state index contributed by atoms with van der Waals surface area (Å²) in [5.41, 5.74) is 5.85. The first-order valence-electron chi connectivity index (χ1n) is 14.8. The first kappa shape index (κ1) is 31.0. The van der Waals surface area contributed by atoms with Gasteiger partial charge < -0.3 is 20.1 Å². The van der Waals surface area contributed by atoms with E-state index in [0.717, 1.165) is 47.6 Å². The molecule has 0 aliphatic carbocycles. The highest BCUT2D eigenvalue weighted by Gasteiger charge is 2.18. The maximum Gasteiger partial charge on any atom is 0.251 e. The molecule has 2 heterocycles. The van der Waals surface area contributed by atoms with Crippen LogP contribution in [0.2, 0.25) is 0 Å². The zero-order chi connectivity index (χ0) is 30.8. The van der Waals surface area contributed by atoms with E-state index in [1.165, 1.54) is 12.3 Å². The molecule has 0 spiro atoms. The molecule has 4 aromatic rings. The summed E-state index contributed by atoms with van der Waals surface area (Å²) in [7, 11) is -3.56. The van der Waals surface area contributed by atoms with E-state index >= 15 is 0 Å². The molecule has 44 heavy (non-hydrogen) atoms. The Kier molecular flexibility index (Phi) is 10.4. The summed E-state index contributed by atoms with van der Waals surface area (Å²) in [5.74, 6) is 0.433. The van der Waals surface area contributed by atoms with Crippen LogP contribution in [0, 0.1) is 0 Å². The van der Waals surface area contributed by atoms with Crippen molar-refractivity contribution in [3.63, 3.8) is 0 Å². The molecule has 0 saturated heterocycles. The number of ether oxygens (including phenoxy) is 2. The molecule has 5 rings (SSSR count). The lowest BCUT2D eigenvalue weighted by atomic mass is 10.0. The SMILES string of the molecule is CCCCOCCOc1ccc(-c2ccc3c(c2)C=C(C(=O)Nc2ccc(CS(=O)(=O)c4ccccn4)cc2)CCN3)cc1. The summed E-state index contributed by atoms with van der Waals surface area (Å²) in [5, 5.41) is 6.42. The van der Waals surface area contributed by atoms with E-state index in [9.17, 15) is 13.2 Å². The number of aromatic nitrogens is 1. The monoisotopic (exact) mass is 611 g/mol. The number of unbranched alkanes of at least 4 members (excludes halogenated alkanes) is 1. The number of rotatable bonds is 13. The fourth-order valence-electron chi connectivity index (χ4n) is 4.82. The van der Waals surface area contributed by atoms with Gasteiger partial charge in [-0.05, 0) is 89.7 Å². The molecule has 1 aliphatic rings. The highest BCUT2D eigenvalue weighted by Crippen LogP contribution is 2.30. The second-order valence-corrected chi connectivity index (χ2v) is 12.5. The van der Waals surface area contributed by atoms with Crippen LogP contribution < -0.4 is 15.4 Å². The van der Waals surface area contributed by atoms with Crippen molar-refractivity contribution in [2.45, 2.75) is 37.0 Å². The molecule has 2 N–H and O–H groups in total. The number of carbonyl (C=O) groups is 1. The van der Waals surface area contributed by atoms with Crippen LogP contribution in [0.5, 0.6) is 5.75 Å². The van der Waals surface area contributed by atoms with Gasteiger partial charge in [-0.25, -0.2) is 13.4 Å². The zero-order valence-electron chi connectivity index (χ0n) is 24.8. The summed E-state index contributed by atoms with van der Waals surface area (Å²) >= 11 is 0. The quantitative estimate of drug-likeness (QED) is 0.161. The van der Waals surface area contributed by atoms with E-state index in [1.807, 2.05) is 36.4 Å². The van der Waals surface area contributed by atoms with Crippen LogP contribution in [0.15, 0.2) is 102 Å². The number of benzene rings is 3. The second-order valence-electron chi connectivity index (χ2n) is 10.6. The molecule has 1 amide bonds. The molecule has 0 saturated carbocycles. The Balaban J connectivity index is 1.22. The lowest BCUT2D eigenvalue weighted by Crippen LogP contribution is -2.15. The van der Waals surface area contributed by atoms with Crippen molar-refractivity contribution in [2.75, 3.05) is 37.0 Å². The van der Waals surface area contributed by atoms with Gasteiger partial charge in [0.05, 0.1) is 12.4 Å². The molecule has 1 aliphatic heterocycles. The Hall–Kier alpha value is -4.47. The van der Waals surface area contributed by atoms with Crippen molar-refractivity contribution in [1.29, 1.82) is 0 Å². The predicted octanol–water partition coefficient (Wildman–Crippen LogP) is 6.76. The normalized spacial score (nSPS) is 12.8. The first-order chi connectivity index (χ1) is 21.4. The van der Waals surface area contributed by atoms with Crippen molar-refractivity contribution in [3.8, 4) is 16.9 Å². The fraction of sp³-hybridized carbons (Fsp3) is 0.257. The number of sulfone groups is 1. The van der Waals surface area contributed by atoms with E-state index in [4.69, 9.17) is 9.47 Å². The Bertz CT molecular complexity index is 1690. The summed E-state index contributed by atoms with van der Waals surface area (Å²) in [6.45, 7) is 4.62. The first-order valence-corrected chi connectivity index (χ1v) is 16.5. The average Bonchev–Trinajstić information content (AvgIpc) is 3.26. The minimum Gasteiger partial charge on any atom is -0.491 e. The van der Waals surface area contributed by atoms with Gasteiger partial charge in [-0.2, -0.15) is 0 Å². The van der Waals surface area contributed by atoms with E-state index < -0.39 is 9.84 Å². The number of nitrogens with zero attached hydrogens (tertiary/aromatic N) is 1. The Morgan fingerprint density at radius 3 is 2.48 bits per heavy atom. The van der Waals surface area contributed by atoms with Gasteiger partial charge in [-0.3, -0.25) is 4.79 Å². The molecule has 0 unspecified atom stereocenters. The number of hydrogen-bond acceptors (Lipinski definition) is 7. The van der Waals surface area contributed by atoms with Crippen LogP contribution in [-0.2, 0) is 25.1 Å². The summed E-state index contributed by atoms with van der Waals surface area (Å²) in [6.07, 6.45) is 6.13. The van der Waals surface area contributed by atoms with Crippen molar-refractivity contribution in [2.24, 2.45) is 0 Å². The lowest BCUT2D eigenvalue weighted by molar-refractivity contribution is -0.112. The van der Waals surface area contributed by atoms with Gasteiger partial charge in [-0.1, -0.05) is 49.7 Å². The van der Waals surface area contributed by atoms with E-state index in [2.05, 4.69) is 34.7 Å². The Morgan fingerprint density at radius 1 is 0.932 bits per heavy atom. The summed E-state index contributed by atoms with van der Waals surface area (Å²) in [4.78, 5) is 17.2. The molecule has 8 nitrogen and oxygen atoms in total. The molecule has 0 fully saturated rings. The van der Waals surface area contributed by atoms with Gasteiger partial charge in [0.2, 0.25) is 0 Å². The van der Waals surface area contributed by atoms with E-state index in [-0.39, 0.29) is 16.7 Å². The maximum absolute atomic E-state index is 13.2. The number of amides is 1. The topological polar surface area (TPSA) is 107 Å². The highest BCUT2D eigenvalue weighted by atomic mass is 32.2. The number of fused-ring (bicyclic) bond motifs is 1. The lowest BCUT2D eigenvalue weighted by Gasteiger charge is -2.11. The number of carbonyl (C=O) groups excluding carboxylic acids is 1. The molecule has 0 radical (unpaired) electrons. The minimum atomic E-state index is -3.56. The van der Waals surface area contributed by atoms with Gasteiger partial charge in [0, 0.05) is 36.3 Å². The number of pyridine rings is 1. The van der Waals surface area contributed by atoms with Crippen LogP contribution in [0.3, 0.4) is 0 Å². The largest absolute Gasteiger partial charge is 0.491 e. The number of nitrogens with one attached hydrogen (secondary N) is 2. The Morgan fingerprint density at radius 2 is 1.73 bits per heavy atom. The molecular weight excluding hydrogens is 574 g/mol. The molecule has 3 aromatic carbocycles. The smallest absolute Gasteiger partial charge is 0.251 e. The van der Waals surface area contributed by atoms with Crippen molar-refractivity contribution in [3.05, 3.63) is 108 Å². The third-order valence-electron chi connectivity index (χ3n) is 7.23. The van der Waals surface area contributed by atoms with Crippen LogP contribution >= 0.6 is 0 Å². The van der Waals surface area contributed by atoms with E-state index in [1.54, 1.807) is 36.4 Å². The van der Waals surface area contributed by atoms with Crippen LogP contribution in [0.1, 0.15) is 37.3 Å². The van der Waals surface area contributed by atoms with Crippen molar-refractivity contribution in [1.82, 2.24) is 4.98 Å².